The molecule has 318 valence electrons. The van der Waals surface area contributed by atoms with E-state index in [1.807, 2.05) is 60.7 Å². The van der Waals surface area contributed by atoms with Crippen molar-refractivity contribution in [1.29, 1.82) is 5.41 Å². The predicted octanol–water partition coefficient (Wildman–Crippen LogP) is 15.3. The molecular formula is C60H57N3S. The highest BCUT2D eigenvalue weighted by Crippen LogP contribution is 2.46. The van der Waals surface area contributed by atoms with Crippen LogP contribution in [0.1, 0.15) is 71.2 Å². The van der Waals surface area contributed by atoms with Gasteiger partial charge in [-0.05, 0) is 88.0 Å². The third-order valence-electron chi connectivity index (χ3n) is 11.5. The van der Waals surface area contributed by atoms with E-state index < -0.39 is 5.41 Å². The zero-order valence-corrected chi connectivity index (χ0v) is 37.9. The highest BCUT2D eigenvalue weighted by Gasteiger charge is 2.38. The number of hydrogen-bond donors (Lipinski definition) is 3. The van der Waals surface area contributed by atoms with Crippen LogP contribution in [-0.2, 0) is 12.0 Å². The summed E-state index contributed by atoms with van der Waals surface area (Å²) in [5, 5.41) is 10.4. The number of rotatable bonds is 11. The highest BCUT2D eigenvalue weighted by atomic mass is 32.1. The number of benzene rings is 8. The van der Waals surface area contributed by atoms with Gasteiger partial charge < -0.3 is 11.5 Å². The van der Waals surface area contributed by atoms with Crippen LogP contribution < -0.4 is 11.5 Å². The number of aryl methyl sites for hydroxylation is 1. The molecule has 0 unspecified atom stereocenters. The number of nitrogens with two attached hydrogens (primary N) is 2. The molecule has 0 amide bonds. The van der Waals surface area contributed by atoms with E-state index in [1.165, 1.54) is 49.2 Å². The van der Waals surface area contributed by atoms with Crippen molar-refractivity contribution in [2.24, 2.45) is 11.5 Å². The standard InChI is InChI=1S/C46H40N2S.C7H9N.C7H8/c1-3-5-14-32(13-4-2)33-21-26-38(27-22-33)46(36-15-8-6-9-16-36,37-17-10-7-11-18-37)39-28-23-34(24-29-39)35-25-30-42-41(31-35)44-40(45(47)48)19-12-20-43(44)49-42;8-6-7-4-2-1-3-5-7;1-7-5-3-2-4-6-7/h5-31H,3-4H2,1-2H3,(H3,47,48);1-5H,6,8H2;2-6H,1H3/b14-5-,32-13+;;. The molecule has 0 spiro atoms. The normalized spacial score (nSPS) is 11.5. The Morgan fingerprint density at radius 3 is 1.59 bits per heavy atom. The van der Waals surface area contributed by atoms with Gasteiger partial charge in [0.2, 0.25) is 0 Å². The Morgan fingerprint density at radius 2 is 1.09 bits per heavy atom. The largest absolute Gasteiger partial charge is 0.384 e. The molecule has 0 radical (unpaired) electrons. The van der Waals surface area contributed by atoms with Crippen LogP contribution >= 0.6 is 11.3 Å². The van der Waals surface area contributed by atoms with Crippen LogP contribution in [0.5, 0.6) is 0 Å². The molecule has 0 aliphatic heterocycles. The second-order valence-electron chi connectivity index (χ2n) is 15.8. The van der Waals surface area contributed by atoms with Gasteiger partial charge in [-0.1, -0.05) is 226 Å². The first-order valence-corrected chi connectivity index (χ1v) is 22.9. The van der Waals surface area contributed by atoms with Crippen LogP contribution in [0, 0.1) is 12.3 Å². The fourth-order valence-electron chi connectivity index (χ4n) is 8.33. The molecule has 0 aliphatic rings. The quantitative estimate of drug-likeness (QED) is 0.0525. The maximum absolute atomic E-state index is 8.20. The van der Waals surface area contributed by atoms with Crippen molar-refractivity contribution in [3.05, 3.63) is 269 Å². The van der Waals surface area contributed by atoms with Crippen molar-refractivity contribution in [3.8, 4) is 11.1 Å². The van der Waals surface area contributed by atoms with Crippen LogP contribution in [0.3, 0.4) is 0 Å². The SMILES string of the molecule is CC/C=C\C(=C/CC)c1ccc(C(c2ccccc2)(c2ccccc2)c2ccc(-c3ccc4sc5cccc(C(=N)N)c5c4c3)cc2)cc1.Cc1ccccc1.NCc1ccccc1. The zero-order valence-electron chi connectivity index (χ0n) is 37.0. The second-order valence-corrected chi connectivity index (χ2v) is 16.8. The van der Waals surface area contributed by atoms with Gasteiger partial charge in [0, 0.05) is 32.3 Å². The Hall–Kier alpha value is -7.11. The number of fused-ring (bicyclic) bond motifs is 3. The average molecular weight is 852 g/mol. The highest BCUT2D eigenvalue weighted by molar-refractivity contribution is 7.25. The summed E-state index contributed by atoms with van der Waals surface area (Å²) in [7, 11) is 0. The number of amidine groups is 1. The van der Waals surface area contributed by atoms with Crippen LogP contribution in [0.25, 0.3) is 36.9 Å². The summed E-state index contributed by atoms with van der Waals surface area (Å²) in [6, 6.07) is 73.0. The number of thiophene rings is 1. The van der Waals surface area contributed by atoms with Gasteiger partial charge in [0.05, 0.1) is 5.41 Å². The Balaban J connectivity index is 0.000000344. The molecule has 1 aromatic heterocycles. The van der Waals surface area contributed by atoms with Gasteiger partial charge in [-0.25, -0.2) is 0 Å². The molecule has 8 aromatic carbocycles. The summed E-state index contributed by atoms with van der Waals surface area (Å²) in [5.74, 6) is 0.0984. The minimum absolute atomic E-state index is 0.0984. The molecule has 3 nitrogen and oxygen atoms in total. The molecule has 1 heterocycles. The molecule has 0 fully saturated rings. The van der Waals surface area contributed by atoms with Gasteiger partial charge in [0.25, 0.3) is 0 Å². The van der Waals surface area contributed by atoms with E-state index in [2.05, 4.69) is 185 Å². The van der Waals surface area contributed by atoms with Gasteiger partial charge in [-0.2, -0.15) is 0 Å². The zero-order chi connectivity index (χ0) is 44.7. The van der Waals surface area contributed by atoms with Gasteiger partial charge >= 0.3 is 0 Å². The fourth-order valence-corrected chi connectivity index (χ4v) is 9.44. The second kappa shape index (κ2) is 21.8. The van der Waals surface area contributed by atoms with Crippen LogP contribution in [-0.4, -0.2) is 5.84 Å². The van der Waals surface area contributed by atoms with Gasteiger partial charge in [-0.15, -0.1) is 11.3 Å². The third kappa shape index (κ3) is 10.2. The Bertz CT molecular complexity index is 2890. The Labute approximate surface area is 383 Å². The summed E-state index contributed by atoms with van der Waals surface area (Å²) >= 11 is 1.75. The van der Waals surface area contributed by atoms with Crippen molar-refractivity contribution in [1.82, 2.24) is 0 Å². The maximum atomic E-state index is 8.20. The summed E-state index contributed by atoms with van der Waals surface area (Å²) in [5.41, 5.74) is 23.8. The summed E-state index contributed by atoms with van der Waals surface area (Å²) in [6.07, 6.45) is 8.78. The molecule has 0 saturated heterocycles. The molecule has 9 aromatic rings. The molecular weight excluding hydrogens is 795 g/mol. The fraction of sp³-hybridized carbons (Fsp3) is 0.117. The predicted molar refractivity (Wildman–Crippen MR) is 277 cm³/mol. The minimum Gasteiger partial charge on any atom is -0.384 e. The van der Waals surface area contributed by atoms with Crippen molar-refractivity contribution < 1.29 is 0 Å². The van der Waals surface area contributed by atoms with Crippen molar-refractivity contribution in [2.45, 2.75) is 45.6 Å². The van der Waals surface area contributed by atoms with Gasteiger partial charge in [0.15, 0.2) is 0 Å². The molecule has 0 aliphatic carbocycles. The molecule has 64 heavy (non-hydrogen) atoms. The van der Waals surface area contributed by atoms with Crippen molar-refractivity contribution >= 4 is 42.9 Å². The molecule has 9 rings (SSSR count). The van der Waals surface area contributed by atoms with E-state index in [9.17, 15) is 0 Å². The van der Waals surface area contributed by atoms with Crippen molar-refractivity contribution in [2.75, 3.05) is 0 Å². The maximum Gasteiger partial charge on any atom is 0.123 e. The lowest BCUT2D eigenvalue weighted by Gasteiger charge is -2.37. The number of nitrogen functional groups attached to an aromatic ring is 1. The summed E-state index contributed by atoms with van der Waals surface area (Å²) < 4.78 is 2.34. The van der Waals surface area contributed by atoms with Crippen molar-refractivity contribution in [3.63, 3.8) is 0 Å². The topological polar surface area (TPSA) is 75.9 Å². The van der Waals surface area contributed by atoms with Crippen LogP contribution in [0.15, 0.2) is 224 Å². The number of hydrogen-bond acceptors (Lipinski definition) is 3. The van der Waals surface area contributed by atoms with E-state index >= 15 is 0 Å². The minimum atomic E-state index is -0.530. The van der Waals surface area contributed by atoms with Gasteiger partial charge in [0.1, 0.15) is 5.84 Å². The monoisotopic (exact) mass is 851 g/mol. The Kier molecular flexibility index (Phi) is 15.3. The van der Waals surface area contributed by atoms with Crippen LogP contribution in [0.4, 0.5) is 0 Å². The summed E-state index contributed by atoms with van der Waals surface area (Å²) in [4.78, 5) is 0. The molecule has 0 saturated carbocycles. The molecule has 4 heteroatoms. The molecule has 0 bridgehead atoms. The lowest BCUT2D eigenvalue weighted by Crippen LogP contribution is -2.31. The van der Waals surface area contributed by atoms with E-state index in [0.29, 0.717) is 6.54 Å². The smallest absolute Gasteiger partial charge is 0.123 e. The van der Waals surface area contributed by atoms with E-state index in [-0.39, 0.29) is 5.84 Å². The van der Waals surface area contributed by atoms with Crippen LogP contribution in [0.2, 0.25) is 0 Å². The number of allylic oxidation sites excluding steroid dienone is 4. The molecule has 5 N–H and O–H groups in total. The van der Waals surface area contributed by atoms with E-state index in [4.69, 9.17) is 16.9 Å². The summed E-state index contributed by atoms with van der Waals surface area (Å²) in [6.45, 7) is 7.09. The van der Waals surface area contributed by atoms with Gasteiger partial charge in [-0.3, -0.25) is 5.41 Å². The Morgan fingerprint density at radius 1 is 0.562 bits per heavy atom. The lowest BCUT2D eigenvalue weighted by atomic mass is 9.65. The third-order valence-corrected chi connectivity index (χ3v) is 12.6. The lowest BCUT2D eigenvalue weighted by molar-refractivity contribution is 0.745. The number of nitrogens with one attached hydrogen (secondary N) is 1. The van der Waals surface area contributed by atoms with E-state index in [0.717, 1.165) is 45.0 Å². The average Bonchev–Trinajstić information content (AvgIpc) is 3.73. The van der Waals surface area contributed by atoms with E-state index in [1.54, 1.807) is 11.3 Å². The first-order chi connectivity index (χ1) is 31.4. The first-order valence-electron chi connectivity index (χ1n) is 22.1. The molecule has 0 atom stereocenters. The first kappa shape index (κ1) is 44.9.